The first-order valence-corrected chi connectivity index (χ1v) is 12.7. The Morgan fingerprint density at radius 2 is 1.59 bits per heavy atom. The van der Waals surface area contributed by atoms with Gasteiger partial charge in [-0.2, -0.15) is 0 Å². The Labute approximate surface area is 174 Å². The standard InChI is InChI=1S/C24H29N3OSi/c1-24(2,3)29(4,5)28-20-14-12-19(13-15-20)22-17-26-23(25)21(27-22)16-11-18-9-7-6-8-10-18/h6-17H,1-5H3,(H2,25,26)/b16-11+. The lowest BCUT2D eigenvalue weighted by Crippen LogP contribution is -2.43. The van der Waals surface area contributed by atoms with Gasteiger partial charge in [0.1, 0.15) is 17.3 Å². The van der Waals surface area contributed by atoms with E-state index < -0.39 is 8.32 Å². The molecule has 0 aliphatic carbocycles. The molecule has 3 aromatic rings. The number of benzene rings is 2. The predicted octanol–water partition coefficient (Wildman–Crippen LogP) is 6.28. The highest BCUT2D eigenvalue weighted by Crippen LogP contribution is 2.37. The molecule has 0 saturated heterocycles. The normalized spacial score (nSPS) is 12.3. The Morgan fingerprint density at radius 3 is 2.21 bits per heavy atom. The average Bonchev–Trinajstić information content (AvgIpc) is 2.68. The van der Waals surface area contributed by atoms with Gasteiger partial charge in [0.15, 0.2) is 0 Å². The maximum atomic E-state index is 6.36. The van der Waals surface area contributed by atoms with Crippen LogP contribution >= 0.6 is 0 Å². The summed E-state index contributed by atoms with van der Waals surface area (Å²) in [6, 6.07) is 18.1. The fourth-order valence-electron chi connectivity index (χ4n) is 2.56. The van der Waals surface area contributed by atoms with Gasteiger partial charge in [0, 0.05) is 5.56 Å². The molecule has 2 aromatic carbocycles. The summed E-state index contributed by atoms with van der Waals surface area (Å²) >= 11 is 0. The van der Waals surface area contributed by atoms with Gasteiger partial charge >= 0.3 is 0 Å². The predicted molar refractivity (Wildman–Crippen MR) is 125 cm³/mol. The van der Waals surface area contributed by atoms with Gasteiger partial charge in [-0.15, -0.1) is 0 Å². The zero-order valence-electron chi connectivity index (χ0n) is 17.8. The van der Waals surface area contributed by atoms with Crippen molar-refractivity contribution in [3.05, 3.63) is 72.1 Å². The number of nitrogens with two attached hydrogens (primary N) is 1. The molecule has 0 radical (unpaired) electrons. The number of hydrogen-bond donors (Lipinski definition) is 1. The van der Waals surface area contributed by atoms with Gasteiger partial charge in [0.25, 0.3) is 0 Å². The molecular formula is C24H29N3OSi. The van der Waals surface area contributed by atoms with Crippen LogP contribution in [0.25, 0.3) is 23.4 Å². The molecule has 0 bridgehead atoms. The van der Waals surface area contributed by atoms with Crippen LogP contribution in [0.1, 0.15) is 32.0 Å². The summed E-state index contributed by atoms with van der Waals surface area (Å²) in [5.74, 6) is 1.31. The van der Waals surface area contributed by atoms with Gasteiger partial charge in [-0.1, -0.05) is 57.2 Å². The van der Waals surface area contributed by atoms with Crippen LogP contribution in [0.4, 0.5) is 5.82 Å². The average molecular weight is 404 g/mol. The van der Waals surface area contributed by atoms with Crippen LogP contribution in [0.2, 0.25) is 18.1 Å². The highest BCUT2D eigenvalue weighted by Gasteiger charge is 2.38. The van der Waals surface area contributed by atoms with Crippen LogP contribution in [0, 0.1) is 0 Å². The summed E-state index contributed by atoms with van der Waals surface area (Å²) in [7, 11) is -1.86. The molecule has 3 rings (SSSR count). The monoisotopic (exact) mass is 403 g/mol. The van der Waals surface area contributed by atoms with Crippen LogP contribution in [-0.4, -0.2) is 18.3 Å². The van der Waals surface area contributed by atoms with Gasteiger partial charge < -0.3 is 10.2 Å². The molecule has 5 heteroatoms. The van der Waals surface area contributed by atoms with Crippen molar-refractivity contribution in [2.75, 3.05) is 5.73 Å². The van der Waals surface area contributed by atoms with Crippen molar-refractivity contribution in [1.82, 2.24) is 9.97 Å². The van der Waals surface area contributed by atoms with Gasteiger partial charge in [0.05, 0.1) is 11.9 Å². The first kappa shape index (κ1) is 20.8. The molecule has 0 aliphatic rings. The Balaban J connectivity index is 1.81. The minimum absolute atomic E-state index is 0.161. The molecule has 2 N–H and O–H groups in total. The fraction of sp³-hybridized carbons (Fsp3) is 0.250. The summed E-state index contributed by atoms with van der Waals surface area (Å²) in [5.41, 5.74) is 9.54. The highest BCUT2D eigenvalue weighted by atomic mass is 28.4. The lowest BCUT2D eigenvalue weighted by Gasteiger charge is -2.36. The second kappa shape index (κ2) is 8.21. The van der Waals surface area contributed by atoms with E-state index in [0.717, 1.165) is 22.6 Å². The van der Waals surface area contributed by atoms with E-state index in [9.17, 15) is 0 Å². The SMILES string of the molecule is CC(C)(C)[Si](C)(C)Oc1ccc(-c2cnc(N)c(/C=C/c3ccccc3)n2)cc1. The molecule has 1 aromatic heterocycles. The molecule has 0 spiro atoms. The minimum atomic E-state index is -1.86. The summed E-state index contributed by atoms with van der Waals surface area (Å²) in [6.45, 7) is 11.2. The van der Waals surface area contributed by atoms with Gasteiger partial charge in [-0.25, -0.2) is 9.97 Å². The Kier molecular flexibility index (Phi) is 5.89. The van der Waals surface area contributed by atoms with Crippen molar-refractivity contribution in [3.63, 3.8) is 0 Å². The number of rotatable bonds is 5. The lowest BCUT2D eigenvalue weighted by molar-refractivity contribution is 0.492. The molecule has 0 aliphatic heterocycles. The van der Waals surface area contributed by atoms with Gasteiger partial charge in [-0.05, 0) is 54.0 Å². The first-order chi connectivity index (χ1) is 13.7. The van der Waals surface area contributed by atoms with E-state index in [0.29, 0.717) is 11.5 Å². The molecule has 0 amide bonds. The summed E-state index contributed by atoms with van der Waals surface area (Å²) < 4.78 is 6.36. The zero-order valence-corrected chi connectivity index (χ0v) is 18.8. The Morgan fingerprint density at radius 1 is 0.931 bits per heavy atom. The number of nitrogens with zero attached hydrogens (tertiary/aromatic N) is 2. The quantitative estimate of drug-likeness (QED) is 0.509. The van der Waals surface area contributed by atoms with Crippen molar-refractivity contribution < 1.29 is 4.43 Å². The van der Waals surface area contributed by atoms with Crippen LogP contribution in [0.15, 0.2) is 60.8 Å². The van der Waals surface area contributed by atoms with E-state index in [4.69, 9.17) is 15.1 Å². The van der Waals surface area contributed by atoms with E-state index in [-0.39, 0.29) is 5.04 Å². The minimum Gasteiger partial charge on any atom is -0.544 e. The van der Waals surface area contributed by atoms with Crippen LogP contribution in [0.5, 0.6) is 5.75 Å². The largest absolute Gasteiger partial charge is 0.544 e. The zero-order chi connectivity index (χ0) is 21.1. The summed E-state index contributed by atoms with van der Waals surface area (Å²) in [6.07, 6.45) is 5.59. The molecular weight excluding hydrogens is 374 g/mol. The molecule has 0 atom stereocenters. The van der Waals surface area contributed by atoms with Crippen molar-refractivity contribution in [3.8, 4) is 17.0 Å². The number of aromatic nitrogens is 2. The van der Waals surface area contributed by atoms with Crippen LogP contribution in [-0.2, 0) is 0 Å². The summed E-state index contributed by atoms with van der Waals surface area (Å²) in [4.78, 5) is 9.02. The second-order valence-electron chi connectivity index (χ2n) is 8.66. The molecule has 0 unspecified atom stereocenters. The van der Waals surface area contributed by atoms with Crippen LogP contribution < -0.4 is 10.2 Å². The van der Waals surface area contributed by atoms with E-state index >= 15 is 0 Å². The smallest absolute Gasteiger partial charge is 0.250 e. The third kappa shape index (κ3) is 5.12. The molecule has 150 valence electrons. The molecule has 0 saturated carbocycles. The third-order valence-electron chi connectivity index (χ3n) is 5.39. The van der Waals surface area contributed by atoms with E-state index in [1.54, 1.807) is 6.20 Å². The van der Waals surface area contributed by atoms with Crippen molar-refractivity contribution in [2.45, 2.75) is 38.9 Å². The van der Waals surface area contributed by atoms with Crippen molar-refractivity contribution >= 4 is 26.3 Å². The summed E-state index contributed by atoms with van der Waals surface area (Å²) in [5, 5.41) is 0.161. The lowest BCUT2D eigenvalue weighted by atomic mass is 10.1. The number of anilines is 1. The molecule has 0 fully saturated rings. The maximum absolute atomic E-state index is 6.36. The topological polar surface area (TPSA) is 61.0 Å². The second-order valence-corrected chi connectivity index (χ2v) is 13.4. The highest BCUT2D eigenvalue weighted by molar-refractivity contribution is 6.74. The maximum Gasteiger partial charge on any atom is 0.250 e. The third-order valence-corrected chi connectivity index (χ3v) is 9.75. The number of nitrogen functional groups attached to an aromatic ring is 1. The van der Waals surface area contributed by atoms with Gasteiger partial charge in [-0.3, -0.25) is 0 Å². The Bertz CT molecular complexity index is 991. The molecule has 4 nitrogen and oxygen atoms in total. The van der Waals surface area contributed by atoms with Crippen LogP contribution in [0.3, 0.4) is 0 Å². The van der Waals surface area contributed by atoms with E-state index in [1.807, 2.05) is 66.7 Å². The first-order valence-electron chi connectivity index (χ1n) is 9.81. The van der Waals surface area contributed by atoms with E-state index in [2.05, 4.69) is 38.8 Å². The van der Waals surface area contributed by atoms with Gasteiger partial charge in [0.2, 0.25) is 8.32 Å². The number of hydrogen-bond acceptors (Lipinski definition) is 4. The Hall–Kier alpha value is -2.92. The molecule has 29 heavy (non-hydrogen) atoms. The van der Waals surface area contributed by atoms with E-state index in [1.165, 1.54) is 0 Å². The molecule has 1 heterocycles. The van der Waals surface area contributed by atoms with Crippen molar-refractivity contribution in [2.24, 2.45) is 0 Å². The van der Waals surface area contributed by atoms with Crippen molar-refractivity contribution in [1.29, 1.82) is 0 Å². The fourth-order valence-corrected chi connectivity index (χ4v) is 3.59.